The quantitative estimate of drug-likeness (QED) is 0.534. The third-order valence-corrected chi connectivity index (χ3v) is 4.56. The number of fused-ring (bicyclic) bond motifs is 1. The normalized spacial score (nSPS) is 11.0. The van der Waals surface area contributed by atoms with E-state index < -0.39 is 0 Å². The van der Waals surface area contributed by atoms with Gasteiger partial charge in [-0.2, -0.15) is 11.3 Å². The molecule has 0 N–H and O–H groups in total. The van der Waals surface area contributed by atoms with Crippen molar-refractivity contribution in [3.05, 3.63) is 76.7 Å². The standard InChI is InChI=1S/C19H14N2OS/c1-13-4-2-5-14(10-13)19(22)21-11-17(15-7-9-23-12-15)16-6-3-8-20-18(16)21/h2-12H,1H3. The lowest BCUT2D eigenvalue weighted by molar-refractivity contribution is 0.0964. The van der Waals surface area contributed by atoms with Crippen molar-refractivity contribution in [3.63, 3.8) is 0 Å². The van der Waals surface area contributed by atoms with E-state index >= 15 is 0 Å². The lowest BCUT2D eigenvalue weighted by Crippen LogP contribution is -2.11. The summed E-state index contributed by atoms with van der Waals surface area (Å²) in [6, 6.07) is 13.6. The number of aromatic nitrogens is 2. The molecule has 3 heterocycles. The van der Waals surface area contributed by atoms with E-state index in [0.29, 0.717) is 11.2 Å². The molecule has 0 bridgehead atoms. The molecule has 0 unspecified atom stereocenters. The van der Waals surface area contributed by atoms with E-state index in [-0.39, 0.29) is 5.91 Å². The second-order valence-corrected chi connectivity index (χ2v) is 6.25. The number of nitrogens with zero attached hydrogens (tertiary/aromatic N) is 2. The summed E-state index contributed by atoms with van der Waals surface area (Å²) >= 11 is 1.64. The maximum Gasteiger partial charge on any atom is 0.263 e. The van der Waals surface area contributed by atoms with Gasteiger partial charge in [0.05, 0.1) is 0 Å². The Hall–Kier alpha value is -2.72. The summed E-state index contributed by atoms with van der Waals surface area (Å²) in [6.07, 6.45) is 3.62. The van der Waals surface area contributed by atoms with E-state index in [9.17, 15) is 4.79 Å². The van der Waals surface area contributed by atoms with Crippen molar-refractivity contribution in [2.24, 2.45) is 0 Å². The number of carbonyl (C=O) groups excluding carboxylic acids is 1. The molecular formula is C19H14N2OS. The number of aryl methyl sites for hydroxylation is 1. The van der Waals surface area contributed by atoms with Crippen LogP contribution in [0, 0.1) is 6.92 Å². The zero-order valence-electron chi connectivity index (χ0n) is 12.6. The van der Waals surface area contributed by atoms with Gasteiger partial charge in [0.1, 0.15) is 5.65 Å². The van der Waals surface area contributed by atoms with E-state index in [1.807, 2.05) is 54.9 Å². The zero-order valence-corrected chi connectivity index (χ0v) is 13.4. The Balaban J connectivity index is 1.92. The number of carbonyl (C=O) groups is 1. The summed E-state index contributed by atoms with van der Waals surface area (Å²) in [5.74, 6) is -0.0566. The molecule has 4 aromatic rings. The van der Waals surface area contributed by atoms with Gasteiger partial charge in [-0.1, -0.05) is 17.7 Å². The van der Waals surface area contributed by atoms with Crippen LogP contribution in [0.1, 0.15) is 15.9 Å². The van der Waals surface area contributed by atoms with E-state index in [2.05, 4.69) is 16.4 Å². The minimum absolute atomic E-state index is 0.0566. The molecule has 0 aliphatic heterocycles. The summed E-state index contributed by atoms with van der Waals surface area (Å²) < 4.78 is 1.65. The fraction of sp³-hybridized carbons (Fsp3) is 0.0526. The molecule has 0 aliphatic carbocycles. The Morgan fingerprint density at radius 2 is 2.09 bits per heavy atom. The lowest BCUT2D eigenvalue weighted by atomic mass is 10.1. The molecule has 0 aliphatic rings. The van der Waals surface area contributed by atoms with Crippen LogP contribution in [0.4, 0.5) is 0 Å². The number of benzene rings is 1. The smallest absolute Gasteiger partial charge is 0.263 e. The van der Waals surface area contributed by atoms with Crippen LogP contribution in [0.25, 0.3) is 22.2 Å². The minimum Gasteiger partial charge on any atom is -0.268 e. The number of hydrogen-bond donors (Lipinski definition) is 0. The second-order valence-electron chi connectivity index (χ2n) is 5.47. The maximum atomic E-state index is 12.9. The Labute approximate surface area is 137 Å². The highest BCUT2D eigenvalue weighted by molar-refractivity contribution is 7.08. The fourth-order valence-corrected chi connectivity index (χ4v) is 3.43. The first-order valence-corrected chi connectivity index (χ1v) is 8.28. The Morgan fingerprint density at radius 1 is 1.17 bits per heavy atom. The molecule has 1 aromatic carbocycles. The molecule has 23 heavy (non-hydrogen) atoms. The van der Waals surface area contributed by atoms with E-state index in [4.69, 9.17) is 0 Å². The molecule has 4 heteroatoms. The van der Waals surface area contributed by atoms with Crippen molar-refractivity contribution < 1.29 is 4.79 Å². The van der Waals surface area contributed by atoms with Crippen LogP contribution in [-0.2, 0) is 0 Å². The molecule has 0 saturated heterocycles. The van der Waals surface area contributed by atoms with Gasteiger partial charge in [0.2, 0.25) is 0 Å². The molecule has 3 aromatic heterocycles. The topological polar surface area (TPSA) is 34.9 Å². The number of hydrogen-bond acceptors (Lipinski definition) is 3. The van der Waals surface area contributed by atoms with E-state index in [1.165, 1.54) is 0 Å². The predicted molar refractivity (Wildman–Crippen MR) is 94.0 cm³/mol. The summed E-state index contributed by atoms with van der Waals surface area (Å²) in [6.45, 7) is 1.99. The van der Waals surface area contributed by atoms with Gasteiger partial charge >= 0.3 is 0 Å². The first kappa shape index (κ1) is 13.9. The van der Waals surface area contributed by atoms with Gasteiger partial charge in [0, 0.05) is 28.9 Å². The zero-order chi connectivity index (χ0) is 15.8. The Kier molecular flexibility index (Phi) is 3.32. The van der Waals surface area contributed by atoms with Crippen LogP contribution in [0.5, 0.6) is 0 Å². The average Bonchev–Trinajstić information content (AvgIpc) is 3.21. The average molecular weight is 318 g/mol. The molecule has 112 valence electrons. The van der Waals surface area contributed by atoms with Crippen molar-refractivity contribution in [1.82, 2.24) is 9.55 Å². The van der Waals surface area contributed by atoms with E-state index in [0.717, 1.165) is 22.1 Å². The van der Waals surface area contributed by atoms with Crippen LogP contribution in [0.3, 0.4) is 0 Å². The van der Waals surface area contributed by atoms with Crippen molar-refractivity contribution in [3.8, 4) is 11.1 Å². The fourth-order valence-electron chi connectivity index (χ4n) is 2.78. The minimum atomic E-state index is -0.0566. The molecule has 0 amide bonds. The van der Waals surface area contributed by atoms with Crippen LogP contribution in [0.2, 0.25) is 0 Å². The Morgan fingerprint density at radius 3 is 2.87 bits per heavy atom. The first-order chi connectivity index (χ1) is 11.2. The highest BCUT2D eigenvalue weighted by Gasteiger charge is 2.17. The van der Waals surface area contributed by atoms with Gasteiger partial charge in [0.25, 0.3) is 5.91 Å². The lowest BCUT2D eigenvalue weighted by Gasteiger charge is -2.04. The third kappa shape index (κ3) is 2.37. The van der Waals surface area contributed by atoms with Gasteiger partial charge in [-0.05, 0) is 53.6 Å². The van der Waals surface area contributed by atoms with Crippen LogP contribution in [0.15, 0.2) is 65.6 Å². The molecule has 0 saturated carbocycles. The number of rotatable bonds is 2. The number of pyridine rings is 1. The third-order valence-electron chi connectivity index (χ3n) is 3.88. The van der Waals surface area contributed by atoms with Crippen molar-refractivity contribution >= 4 is 28.3 Å². The van der Waals surface area contributed by atoms with Gasteiger partial charge in [-0.25, -0.2) is 4.98 Å². The molecule has 4 rings (SSSR count). The molecule has 0 atom stereocenters. The summed E-state index contributed by atoms with van der Waals surface area (Å²) in [5, 5.41) is 5.12. The van der Waals surface area contributed by atoms with E-state index in [1.54, 1.807) is 22.1 Å². The maximum absolute atomic E-state index is 12.9. The van der Waals surface area contributed by atoms with Crippen molar-refractivity contribution in [2.75, 3.05) is 0 Å². The highest BCUT2D eigenvalue weighted by atomic mass is 32.1. The van der Waals surface area contributed by atoms with Gasteiger partial charge in [-0.15, -0.1) is 0 Å². The van der Waals surface area contributed by atoms with Crippen LogP contribution in [-0.4, -0.2) is 15.5 Å². The van der Waals surface area contributed by atoms with Gasteiger partial charge in [-0.3, -0.25) is 9.36 Å². The monoisotopic (exact) mass is 318 g/mol. The van der Waals surface area contributed by atoms with Crippen molar-refractivity contribution in [1.29, 1.82) is 0 Å². The summed E-state index contributed by atoms with van der Waals surface area (Å²) in [7, 11) is 0. The summed E-state index contributed by atoms with van der Waals surface area (Å²) in [5.41, 5.74) is 4.59. The van der Waals surface area contributed by atoms with Crippen LogP contribution < -0.4 is 0 Å². The molecule has 0 spiro atoms. The first-order valence-electron chi connectivity index (χ1n) is 7.34. The SMILES string of the molecule is Cc1cccc(C(=O)n2cc(-c3ccsc3)c3cccnc32)c1. The Bertz CT molecular complexity index is 999. The number of thiophene rings is 1. The molecule has 0 radical (unpaired) electrons. The van der Waals surface area contributed by atoms with Crippen LogP contribution >= 0.6 is 11.3 Å². The van der Waals surface area contributed by atoms with Gasteiger partial charge in [0.15, 0.2) is 0 Å². The second kappa shape index (κ2) is 5.48. The molecule has 3 nitrogen and oxygen atoms in total. The predicted octanol–water partition coefficient (Wildman–Crippen LogP) is 4.76. The summed E-state index contributed by atoms with van der Waals surface area (Å²) in [4.78, 5) is 17.3. The van der Waals surface area contributed by atoms with Gasteiger partial charge < -0.3 is 0 Å². The highest BCUT2D eigenvalue weighted by Crippen LogP contribution is 2.31. The molecular weight excluding hydrogens is 304 g/mol. The largest absolute Gasteiger partial charge is 0.268 e. The van der Waals surface area contributed by atoms with Crippen molar-refractivity contribution in [2.45, 2.75) is 6.92 Å². The molecule has 0 fully saturated rings.